The Hall–Kier alpha value is -1.05. The van der Waals surface area contributed by atoms with Crippen LogP contribution in [0.25, 0.3) is 0 Å². The predicted molar refractivity (Wildman–Crippen MR) is 81.1 cm³/mol. The zero-order valence-electron chi connectivity index (χ0n) is 12.0. The number of benzene rings is 1. The summed E-state index contributed by atoms with van der Waals surface area (Å²) in [6.45, 7) is 4.12. The molecule has 1 aromatic carbocycles. The van der Waals surface area contributed by atoms with Crippen LogP contribution in [0.2, 0.25) is 0 Å². The molecule has 2 atom stereocenters. The first-order valence-corrected chi connectivity index (χ1v) is 8.03. The van der Waals surface area contributed by atoms with Gasteiger partial charge in [-0.2, -0.15) is 5.26 Å². The molecule has 1 N–H and O–H groups in total. The van der Waals surface area contributed by atoms with E-state index in [1.807, 2.05) is 12.1 Å². The van der Waals surface area contributed by atoms with E-state index in [2.05, 4.69) is 25.2 Å². The van der Waals surface area contributed by atoms with Gasteiger partial charge in [-0.1, -0.05) is 12.1 Å². The van der Waals surface area contributed by atoms with E-state index in [1.54, 1.807) is 17.8 Å². The maximum absolute atomic E-state index is 13.7. The van der Waals surface area contributed by atoms with E-state index in [-0.39, 0.29) is 11.9 Å². The first-order chi connectivity index (χ1) is 9.54. The lowest BCUT2D eigenvalue weighted by atomic mass is 9.82. The van der Waals surface area contributed by atoms with Crippen LogP contribution in [0.15, 0.2) is 29.2 Å². The Morgan fingerprint density at radius 1 is 1.45 bits per heavy atom. The number of nitrogens with one attached hydrogen (secondary N) is 1. The van der Waals surface area contributed by atoms with E-state index in [4.69, 9.17) is 0 Å². The highest BCUT2D eigenvalue weighted by Gasteiger charge is 2.37. The topological polar surface area (TPSA) is 35.8 Å². The van der Waals surface area contributed by atoms with Gasteiger partial charge in [0.05, 0.1) is 6.07 Å². The molecule has 0 bridgehead atoms. The van der Waals surface area contributed by atoms with Gasteiger partial charge >= 0.3 is 0 Å². The lowest BCUT2D eigenvalue weighted by molar-refractivity contribution is 0.284. The summed E-state index contributed by atoms with van der Waals surface area (Å²) >= 11 is 1.57. The average Bonchev–Trinajstić information content (AvgIpc) is 2.41. The molecule has 0 saturated heterocycles. The molecule has 2 rings (SSSR count). The Labute approximate surface area is 124 Å². The predicted octanol–water partition coefficient (Wildman–Crippen LogP) is 4.12. The summed E-state index contributed by atoms with van der Waals surface area (Å²) in [5.41, 5.74) is -0.449. The molecular formula is C16H21FN2S. The summed E-state index contributed by atoms with van der Waals surface area (Å²) in [4.78, 5) is 0.691. The van der Waals surface area contributed by atoms with E-state index in [0.717, 1.165) is 25.7 Å². The standard InChI is InChI=1S/C16H21FN2S/c1-12(2)19-16(11-18)9-5-6-13(10-16)20-15-8-4-3-7-14(15)17/h3-4,7-8,12-13,19H,5-6,9-10H2,1-2H3. The van der Waals surface area contributed by atoms with Gasteiger partial charge in [0.25, 0.3) is 0 Å². The normalized spacial score (nSPS) is 26.4. The van der Waals surface area contributed by atoms with E-state index in [0.29, 0.717) is 10.1 Å². The Balaban J connectivity index is 2.07. The van der Waals surface area contributed by atoms with Crippen LogP contribution in [0.3, 0.4) is 0 Å². The van der Waals surface area contributed by atoms with Gasteiger partial charge in [-0.3, -0.25) is 5.32 Å². The van der Waals surface area contributed by atoms with Crippen molar-refractivity contribution in [1.29, 1.82) is 5.26 Å². The third-order valence-corrected chi connectivity index (χ3v) is 4.94. The second-order valence-electron chi connectivity index (χ2n) is 5.76. The van der Waals surface area contributed by atoms with Crippen molar-refractivity contribution in [3.05, 3.63) is 30.1 Å². The molecule has 0 radical (unpaired) electrons. The second-order valence-corrected chi connectivity index (χ2v) is 7.10. The fraction of sp³-hybridized carbons (Fsp3) is 0.562. The summed E-state index contributed by atoms with van der Waals surface area (Å²) < 4.78 is 13.7. The molecule has 20 heavy (non-hydrogen) atoms. The SMILES string of the molecule is CC(C)NC1(C#N)CCCC(Sc2ccccc2F)C1. The highest BCUT2D eigenvalue weighted by molar-refractivity contribution is 8.00. The lowest BCUT2D eigenvalue weighted by Crippen LogP contribution is -2.51. The van der Waals surface area contributed by atoms with Gasteiger partial charge in [0.2, 0.25) is 0 Å². The molecule has 1 fully saturated rings. The molecule has 4 heteroatoms. The summed E-state index contributed by atoms with van der Waals surface area (Å²) in [6.07, 6.45) is 3.72. The minimum atomic E-state index is -0.449. The summed E-state index contributed by atoms with van der Waals surface area (Å²) in [5.74, 6) is -0.164. The Kier molecular flexibility index (Phi) is 5.06. The van der Waals surface area contributed by atoms with Crippen molar-refractivity contribution < 1.29 is 4.39 Å². The van der Waals surface area contributed by atoms with Crippen molar-refractivity contribution >= 4 is 11.8 Å². The molecule has 108 valence electrons. The van der Waals surface area contributed by atoms with Crippen LogP contribution >= 0.6 is 11.8 Å². The van der Waals surface area contributed by atoms with Crippen LogP contribution in [0.4, 0.5) is 4.39 Å². The maximum Gasteiger partial charge on any atom is 0.136 e. The lowest BCUT2D eigenvalue weighted by Gasteiger charge is -2.37. The quantitative estimate of drug-likeness (QED) is 0.906. The van der Waals surface area contributed by atoms with Gasteiger partial charge < -0.3 is 0 Å². The molecular weight excluding hydrogens is 271 g/mol. The van der Waals surface area contributed by atoms with E-state index in [9.17, 15) is 9.65 Å². The zero-order chi connectivity index (χ0) is 14.6. The molecule has 0 aromatic heterocycles. The highest BCUT2D eigenvalue weighted by atomic mass is 32.2. The van der Waals surface area contributed by atoms with Crippen molar-refractivity contribution in [3.63, 3.8) is 0 Å². The number of nitriles is 1. The third-order valence-electron chi connectivity index (χ3n) is 3.62. The summed E-state index contributed by atoms with van der Waals surface area (Å²) in [6, 6.07) is 9.63. The van der Waals surface area contributed by atoms with Crippen LogP contribution in [0.5, 0.6) is 0 Å². The van der Waals surface area contributed by atoms with Crippen molar-refractivity contribution in [2.24, 2.45) is 0 Å². The third kappa shape index (κ3) is 3.74. The molecule has 0 heterocycles. The van der Waals surface area contributed by atoms with Crippen LogP contribution in [0.1, 0.15) is 39.5 Å². The fourth-order valence-electron chi connectivity index (χ4n) is 2.86. The molecule has 1 aliphatic carbocycles. The van der Waals surface area contributed by atoms with Crippen molar-refractivity contribution in [2.75, 3.05) is 0 Å². The summed E-state index contributed by atoms with van der Waals surface area (Å²) in [5, 5.41) is 13.2. The molecule has 0 amide bonds. The van der Waals surface area contributed by atoms with Gasteiger partial charge in [0.1, 0.15) is 11.4 Å². The van der Waals surface area contributed by atoms with Crippen molar-refractivity contribution in [2.45, 2.75) is 61.3 Å². The van der Waals surface area contributed by atoms with Gasteiger partial charge in [-0.15, -0.1) is 11.8 Å². The van der Waals surface area contributed by atoms with Gasteiger partial charge in [-0.05, 0) is 51.7 Å². The van der Waals surface area contributed by atoms with Crippen LogP contribution < -0.4 is 5.32 Å². The number of nitrogens with zero attached hydrogens (tertiary/aromatic N) is 1. The molecule has 1 aromatic rings. The zero-order valence-corrected chi connectivity index (χ0v) is 12.8. The molecule has 2 nitrogen and oxygen atoms in total. The minimum Gasteiger partial charge on any atom is -0.297 e. The van der Waals surface area contributed by atoms with Crippen molar-refractivity contribution in [3.8, 4) is 6.07 Å². The molecule has 0 spiro atoms. The maximum atomic E-state index is 13.7. The molecule has 2 unspecified atom stereocenters. The second kappa shape index (κ2) is 6.60. The first-order valence-electron chi connectivity index (χ1n) is 7.15. The highest BCUT2D eigenvalue weighted by Crippen LogP contribution is 2.39. The van der Waals surface area contributed by atoms with E-state index >= 15 is 0 Å². The Morgan fingerprint density at radius 3 is 2.85 bits per heavy atom. The summed E-state index contributed by atoms with van der Waals surface area (Å²) in [7, 11) is 0. The molecule has 1 aliphatic rings. The van der Waals surface area contributed by atoms with Crippen LogP contribution in [0, 0.1) is 17.1 Å². The monoisotopic (exact) mass is 292 g/mol. The fourth-order valence-corrected chi connectivity index (χ4v) is 4.21. The Bertz CT molecular complexity index is 497. The number of thioether (sulfide) groups is 1. The number of halogens is 1. The smallest absolute Gasteiger partial charge is 0.136 e. The molecule has 0 aliphatic heterocycles. The number of rotatable bonds is 4. The van der Waals surface area contributed by atoms with Crippen LogP contribution in [-0.4, -0.2) is 16.8 Å². The number of hydrogen-bond donors (Lipinski definition) is 1. The van der Waals surface area contributed by atoms with E-state index < -0.39 is 5.54 Å². The van der Waals surface area contributed by atoms with Gasteiger partial charge in [0.15, 0.2) is 0 Å². The Morgan fingerprint density at radius 2 is 2.20 bits per heavy atom. The van der Waals surface area contributed by atoms with Crippen molar-refractivity contribution in [1.82, 2.24) is 5.32 Å². The first kappa shape index (κ1) is 15.3. The molecule has 1 saturated carbocycles. The van der Waals surface area contributed by atoms with E-state index in [1.165, 1.54) is 6.07 Å². The van der Waals surface area contributed by atoms with Gasteiger partial charge in [0, 0.05) is 16.2 Å². The average molecular weight is 292 g/mol. The van der Waals surface area contributed by atoms with Gasteiger partial charge in [-0.25, -0.2) is 4.39 Å². The minimum absolute atomic E-state index is 0.164. The van der Waals surface area contributed by atoms with Crippen LogP contribution in [-0.2, 0) is 0 Å². The largest absolute Gasteiger partial charge is 0.297 e. The number of hydrogen-bond acceptors (Lipinski definition) is 3.